The summed E-state index contributed by atoms with van der Waals surface area (Å²) in [6.07, 6.45) is 3.50. The van der Waals surface area contributed by atoms with Crippen LogP contribution in [0.4, 0.5) is 0 Å². The second-order valence-electron chi connectivity index (χ2n) is 6.40. The Morgan fingerprint density at radius 2 is 2.09 bits per heavy atom. The van der Waals surface area contributed by atoms with E-state index in [0.29, 0.717) is 30.6 Å². The third kappa shape index (κ3) is 2.63. The maximum Gasteiger partial charge on any atom is 0.194 e. The summed E-state index contributed by atoms with van der Waals surface area (Å²) >= 11 is 7.61. The number of guanidine groups is 1. The van der Waals surface area contributed by atoms with Crippen molar-refractivity contribution < 1.29 is 4.74 Å². The smallest absolute Gasteiger partial charge is 0.194 e. The monoisotopic (exact) mass is 339 g/mol. The van der Waals surface area contributed by atoms with Gasteiger partial charge in [-0.05, 0) is 31.9 Å². The first kappa shape index (κ1) is 14.8. The van der Waals surface area contributed by atoms with Crippen molar-refractivity contribution in [1.82, 2.24) is 10.2 Å². The van der Waals surface area contributed by atoms with Gasteiger partial charge in [-0.3, -0.25) is 0 Å². The molecule has 4 unspecified atom stereocenters. The topological polar surface area (TPSA) is 36.9 Å². The van der Waals surface area contributed by atoms with Gasteiger partial charge >= 0.3 is 0 Å². The summed E-state index contributed by atoms with van der Waals surface area (Å²) in [7, 11) is 0. The zero-order valence-corrected chi connectivity index (χ0v) is 14.4. The number of halogens is 1. The minimum absolute atomic E-state index is 0.499. The van der Waals surface area contributed by atoms with Gasteiger partial charge in [0.1, 0.15) is 0 Å². The van der Waals surface area contributed by atoms with Gasteiger partial charge in [-0.15, -0.1) is 11.3 Å². The summed E-state index contributed by atoms with van der Waals surface area (Å²) in [5.41, 5.74) is 0. The highest BCUT2D eigenvalue weighted by atomic mass is 35.5. The fourth-order valence-corrected chi connectivity index (χ4v) is 5.16. The minimum Gasteiger partial charge on any atom is -0.374 e. The van der Waals surface area contributed by atoms with Crippen molar-refractivity contribution >= 4 is 28.9 Å². The highest BCUT2D eigenvalue weighted by Crippen LogP contribution is 2.47. The molecule has 0 aliphatic carbocycles. The Kier molecular flexibility index (Phi) is 4.05. The van der Waals surface area contributed by atoms with Crippen LogP contribution in [0.3, 0.4) is 0 Å². The second-order valence-corrected chi connectivity index (χ2v) is 8.20. The average Bonchev–Trinajstić information content (AvgIpc) is 3.24. The lowest BCUT2D eigenvalue weighted by atomic mass is 9.82. The zero-order chi connectivity index (χ0) is 15.1. The van der Waals surface area contributed by atoms with Gasteiger partial charge in [0.2, 0.25) is 0 Å². The fraction of sp³-hybridized carbons (Fsp3) is 0.688. The maximum atomic E-state index is 6.06. The van der Waals surface area contributed by atoms with E-state index in [9.17, 15) is 0 Å². The van der Waals surface area contributed by atoms with Crippen molar-refractivity contribution in [3.63, 3.8) is 0 Å². The quantitative estimate of drug-likeness (QED) is 0.679. The van der Waals surface area contributed by atoms with Crippen LogP contribution in [-0.2, 0) is 11.3 Å². The molecule has 1 aromatic heterocycles. The predicted octanol–water partition coefficient (Wildman–Crippen LogP) is 2.98. The number of hydrogen-bond acceptors (Lipinski definition) is 3. The van der Waals surface area contributed by atoms with Crippen molar-refractivity contribution in [2.75, 3.05) is 19.6 Å². The molecule has 3 saturated heterocycles. The van der Waals surface area contributed by atoms with Crippen LogP contribution in [0.5, 0.6) is 0 Å². The van der Waals surface area contributed by atoms with Gasteiger partial charge in [-0.1, -0.05) is 11.6 Å². The molecular formula is C16H22ClN3OS. The Morgan fingerprint density at radius 3 is 2.68 bits per heavy atom. The van der Waals surface area contributed by atoms with E-state index in [0.717, 1.165) is 29.9 Å². The molecule has 4 nitrogen and oxygen atoms in total. The Bertz CT molecular complexity index is 557. The first-order valence-corrected chi connectivity index (χ1v) is 9.37. The van der Waals surface area contributed by atoms with Gasteiger partial charge in [0.15, 0.2) is 5.96 Å². The fourth-order valence-electron chi connectivity index (χ4n) is 4.15. The first-order valence-electron chi connectivity index (χ1n) is 8.17. The molecule has 3 fully saturated rings. The van der Waals surface area contributed by atoms with Crippen molar-refractivity contribution in [1.29, 1.82) is 0 Å². The maximum absolute atomic E-state index is 6.06. The van der Waals surface area contributed by atoms with Crippen molar-refractivity contribution in [3.8, 4) is 0 Å². The minimum atomic E-state index is 0.499. The number of ether oxygens (including phenoxy) is 1. The summed E-state index contributed by atoms with van der Waals surface area (Å²) in [6, 6.07) is 4.01. The number of likely N-dealkylation sites (tertiary alicyclic amines) is 1. The molecule has 4 heterocycles. The molecule has 120 valence electrons. The predicted molar refractivity (Wildman–Crippen MR) is 90.6 cm³/mol. The van der Waals surface area contributed by atoms with Crippen LogP contribution < -0.4 is 5.32 Å². The summed E-state index contributed by atoms with van der Waals surface area (Å²) in [6.45, 7) is 5.90. The van der Waals surface area contributed by atoms with E-state index in [4.69, 9.17) is 21.3 Å². The Hall–Kier alpha value is -0.780. The van der Waals surface area contributed by atoms with E-state index in [-0.39, 0.29) is 0 Å². The molecule has 3 aliphatic heterocycles. The van der Waals surface area contributed by atoms with Gasteiger partial charge in [0, 0.05) is 36.3 Å². The van der Waals surface area contributed by atoms with Gasteiger partial charge in [-0.25, -0.2) is 4.99 Å². The van der Waals surface area contributed by atoms with E-state index in [2.05, 4.69) is 23.2 Å². The highest BCUT2D eigenvalue weighted by molar-refractivity contribution is 7.16. The van der Waals surface area contributed by atoms with Crippen LogP contribution in [0.1, 0.15) is 24.6 Å². The summed E-state index contributed by atoms with van der Waals surface area (Å²) in [5.74, 6) is 2.46. The van der Waals surface area contributed by atoms with Crippen LogP contribution in [0, 0.1) is 11.8 Å². The third-order valence-electron chi connectivity index (χ3n) is 5.10. The molecule has 1 aromatic rings. The third-order valence-corrected chi connectivity index (χ3v) is 6.32. The number of nitrogens with zero attached hydrogens (tertiary/aromatic N) is 2. The normalized spacial score (nSPS) is 33.5. The molecule has 2 bridgehead atoms. The molecule has 0 radical (unpaired) electrons. The molecule has 0 aromatic carbocycles. The van der Waals surface area contributed by atoms with Crippen LogP contribution >= 0.6 is 22.9 Å². The summed E-state index contributed by atoms with van der Waals surface area (Å²) < 4.78 is 6.89. The SMILES string of the molecule is CCNC(=NCc1ccc(Cl)s1)N1CC2C3CCC(O3)C2C1. The molecule has 22 heavy (non-hydrogen) atoms. The molecular weight excluding hydrogens is 318 g/mol. The van der Waals surface area contributed by atoms with Crippen molar-refractivity contribution in [3.05, 3.63) is 21.3 Å². The van der Waals surface area contributed by atoms with Crippen LogP contribution in [0.2, 0.25) is 4.34 Å². The Balaban J connectivity index is 1.46. The van der Waals surface area contributed by atoms with E-state index in [1.165, 1.54) is 17.7 Å². The average molecular weight is 340 g/mol. The molecule has 0 amide bonds. The van der Waals surface area contributed by atoms with Crippen molar-refractivity contribution in [2.45, 2.75) is 38.5 Å². The summed E-state index contributed by atoms with van der Waals surface area (Å²) in [4.78, 5) is 8.46. The van der Waals surface area contributed by atoms with Gasteiger partial charge < -0.3 is 15.0 Å². The molecule has 6 heteroatoms. The Labute approximate surface area is 140 Å². The second kappa shape index (κ2) is 6.02. The van der Waals surface area contributed by atoms with E-state index in [1.807, 2.05) is 6.07 Å². The molecule has 4 atom stereocenters. The summed E-state index contributed by atoms with van der Waals surface area (Å²) in [5, 5.41) is 3.45. The van der Waals surface area contributed by atoms with Crippen LogP contribution in [-0.4, -0.2) is 42.7 Å². The Morgan fingerprint density at radius 1 is 1.36 bits per heavy atom. The first-order chi connectivity index (χ1) is 10.7. The molecule has 1 N–H and O–H groups in total. The van der Waals surface area contributed by atoms with Crippen molar-refractivity contribution in [2.24, 2.45) is 16.8 Å². The number of nitrogens with one attached hydrogen (secondary N) is 1. The number of hydrogen-bond donors (Lipinski definition) is 1. The zero-order valence-electron chi connectivity index (χ0n) is 12.8. The van der Waals surface area contributed by atoms with Gasteiger partial charge in [0.05, 0.1) is 23.1 Å². The van der Waals surface area contributed by atoms with Crippen LogP contribution in [0.15, 0.2) is 17.1 Å². The lowest BCUT2D eigenvalue weighted by Gasteiger charge is -2.23. The molecule has 0 saturated carbocycles. The number of fused-ring (bicyclic) bond motifs is 5. The molecule has 0 spiro atoms. The van der Waals surface area contributed by atoms with Crippen LogP contribution in [0.25, 0.3) is 0 Å². The lowest BCUT2D eigenvalue weighted by molar-refractivity contribution is 0.0767. The highest BCUT2D eigenvalue weighted by Gasteiger charge is 2.53. The van der Waals surface area contributed by atoms with Gasteiger partial charge in [0.25, 0.3) is 0 Å². The largest absolute Gasteiger partial charge is 0.374 e. The number of rotatable bonds is 3. The van der Waals surface area contributed by atoms with E-state index >= 15 is 0 Å². The number of thiophene rings is 1. The molecule has 4 rings (SSSR count). The lowest BCUT2D eigenvalue weighted by Crippen LogP contribution is -2.41. The van der Waals surface area contributed by atoms with Gasteiger partial charge in [-0.2, -0.15) is 0 Å². The number of aliphatic imine (C=N–C) groups is 1. The van der Waals surface area contributed by atoms with E-state index < -0.39 is 0 Å². The standard InChI is InChI=1S/C16H22ClN3OS/c1-2-18-16(19-7-10-3-6-15(17)22-10)20-8-11-12(9-20)14-5-4-13(11)21-14/h3,6,11-14H,2,4-5,7-9H2,1H3,(H,18,19). The molecule has 3 aliphatic rings. The van der Waals surface area contributed by atoms with E-state index in [1.54, 1.807) is 11.3 Å².